The van der Waals surface area contributed by atoms with Crippen LogP contribution in [0, 0.1) is 11.5 Å². The summed E-state index contributed by atoms with van der Waals surface area (Å²) in [6.45, 7) is -0.726. The van der Waals surface area contributed by atoms with E-state index >= 15 is 0 Å². The summed E-state index contributed by atoms with van der Waals surface area (Å²) in [6.07, 6.45) is -4.07. The number of nitriles is 1. The van der Waals surface area contributed by atoms with Crippen LogP contribution in [0.25, 0.3) is 0 Å². The lowest BCUT2D eigenvalue weighted by atomic mass is 9.85. The van der Waals surface area contributed by atoms with E-state index in [4.69, 9.17) is 15.1 Å². The van der Waals surface area contributed by atoms with E-state index in [0.717, 1.165) is 6.26 Å². The lowest BCUT2D eigenvalue weighted by molar-refractivity contribution is -0.454. The van der Waals surface area contributed by atoms with Crippen LogP contribution in [-0.2, 0) is 15.3 Å². The summed E-state index contributed by atoms with van der Waals surface area (Å²) in [5, 5.41) is 58.6. The molecule has 0 aromatic heterocycles. The summed E-state index contributed by atoms with van der Waals surface area (Å²) in [6, 6.07) is 7.41. The molecule has 1 heterocycles. The van der Waals surface area contributed by atoms with Gasteiger partial charge in [0.1, 0.15) is 12.2 Å². The molecule has 21 heavy (non-hydrogen) atoms. The summed E-state index contributed by atoms with van der Waals surface area (Å²) < 4.78 is 9.54. The van der Waals surface area contributed by atoms with Crippen LogP contribution >= 0.6 is 0 Å². The molecule has 8 heteroatoms. The molecule has 114 valence electrons. The number of nitrogens with zero attached hydrogens (tertiary/aromatic N) is 1. The second-order valence-corrected chi connectivity index (χ2v) is 4.67. The Morgan fingerprint density at radius 2 is 1.86 bits per heavy atom. The molecule has 0 amide bonds. The first-order valence-electron chi connectivity index (χ1n) is 6.13. The van der Waals surface area contributed by atoms with E-state index in [1.807, 2.05) is 0 Å². The van der Waals surface area contributed by atoms with Gasteiger partial charge >= 0.3 is 5.79 Å². The van der Waals surface area contributed by atoms with Gasteiger partial charge < -0.3 is 35.0 Å². The van der Waals surface area contributed by atoms with Gasteiger partial charge in [0.25, 0.3) is 12.0 Å². The first kappa shape index (κ1) is 15.7. The third-order valence-corrected chi connectivity index (χ3v) is 3.46. The molecule has 1 fully saturated rings. The first-order valence-corrected chi connectivity index (χ1v) is 6.13. The standard InChI is InChI=1S/C13H15NO7/c14-7-20-13(19)11(17)10(16)9(6-15)21-12(13,18)8-4-2-1-3-5-8/h1-5,9-11,15-19H,6H2/t9-,10-,11+,12+,13-/m1/s1. The van der Waals surface area contributed by atoms with Gasteiger partial charge in [-0.15, -0.1) is 0 Å². The second-order valence-electron chi connectivity index (χ2n) is 4.67. The topological polar surface area (TPSA) is 143 Å². The van der Waals surface area contributed by atoms with E-state index in [2.05, 4.69) is 4.74 Å². The Morgan fingerprint density at radius 3 is 2.38 bits per heavy atom. The van der Waals surface area contributed by atoms with Crippen LogP contribution in [0.15, 0.2) is 30.3 Å². The highest BCUT2D eigenvalue weighted by atomic mass is 16.7. The van der Waals surface area contributed by atoms with Crippen molar-refractivity contribution in [2.45, 2.75) is 29.9 Å². The highest BCUT2D eigenvalue weighted by Gasteiger charge is 2.67. The van der Waals surface area contributed by atoms with Gasteiger partial charge in [0.05, 0.1) is 6.61 Å². The van der Waals surface area contributed by atoms with Gasteiger partial charge in [-0.1, -0.05) is 30.3 Å². The molecule has 0 radical (unpaired) electrons. The van der Waals surface area contributed by atoms with E-state index in [9.17, 15) is 20.4 Å². The molecular formula is C13H15NO7. The van der Waals surface area contributed by atoms with Crippen LogP contribution < -0.4 is 0 Å². The monoisotopic (exact) mass is 297 g/mol. The third-order valence-electron chi connectivity index (χ3n) is 3.46. The number of aliphatic hydroxyl groups is 5. The molecule has 0 aliphatic carbocycles. The maximum Gasteiger partial charge on any atom is 0.308 e. The Morgan fingerprint density at radius 1 is 1.24 bits per heavy atom. The van der Waals surface area contributed by atoms with Gasteiger partial charge in [-0.05, 0) is 0 Å². The molecule has 1 saturated heterocycles. The van der Waals surface area contributed by atoms with Crippen molar-refractivity contribution in [2.24, 2.45) is 0 Å². The SMILES string of the molecule is N#CO[C@]1(O)[C@@H](O)[C@H](O)[C@@H](CO)O[C@@]1(O)c1ccccc1. The number of rotatable bonds is 3. The smallest absolute Gasteiger partial charge is 0.308 e. The maximum absolute atomic E-state index is 10.7. The third kappa shape index (κ3) is 2.26. The summed E-state index contributed by atoms with van der Waals surface area (Å²) in [7, 11) is 0. The van der Waals surface area contributed by atoms with E-state index in [1.165, 1.54) is 24.3 Å². The van der Waals surface area contributed by atoms with Gasteiger partial charge in [0.2, 0.25) is 0 Å². The molecule has 0 unspecified atom stereocenters. The minimum atomic E-state index is -2.94. The molecular weight excluding hydrogens is 282 g/mol. The fraction of sp³-hybridized carbons (Fsp3) is 0.462. The van der Waals surface area contributed by atoms with Crippen LogP contribution in [0.1, 0.15) is 5.56 Å². The summed E-state index contributed by atoms with van der Waals surface area (Å²) >= 11 is 0. The normalized spacial score (nSPS) is 39.5. The average molecular weight is 297 g/mol. The van der Waals surface area contributed by atoms with Crippen molar-refractivity contribution in [1.82, 2.24) is 0 Å². The van der Waals surface area contributed by atoms with E-state index in [0.29, 0.717) is 0 Å². The molecule has 2 rings (SSSR count). The maximum atomic E-state index is 10.7. The highest BCUT2D eigenvalue weighted by Crippen LogP contribution is 2.44. The molecule has 1 aliphatic rings. The fourth-order valence-electron chi connectivity index (χ4n) is 2.29. The largest absolute Gasteiger partial charge is 0.394 e. The zero-order chi connectivity index (χ0) is 15.7. The van der Waals surface area contributed by atoms with Crippen molar-refractivity contribution in [2.75, 3.05) is 6.61 Å². The van der Waals surface area contributed by atoms with Crippen molar-refractivity contribution < 1.29 is 35.0 Å². The van der Waals surface area contributed by atoms with Gasteiger partial charge in [-0.3, -0.25) is 0 Å². The number of aliphatic hydroxyl groups excluding tert-OH is 3. The van der Waals surface area contributed by atoms with Crippen LogP contribution in [0.4, 0.5) is 0 Å². The van der Waals surface area contributed by atoms with Crippen molar-refractivity contribution in [1.29, 1.82) is 5.26 Å². The number of hydrogen-bond acceptors (Lipinski definition) is 8. The summed E-state index contributed by atoms with van der Waals surface area (Å²) in [4.78, 5) is 0. The first-order chi connectivity index (χ1) is 9.90. The number of benzene rings is 1. The van der Waals surface area contributed by atoms with Crippen LogP contribution in [0.5, 0.6) is 0 Å². The Balaban J connectivity index is 2.56. The second kappa shape index (κ2) is 5.57. The lowest BCUT2D eigenvalue weighted by Crippen LogP contribution is -2.72. The Hall–Kier alpha value is -1.73. The minimum absolute atomic E-state index is 0.0212. The van der Waals surface area contributed by atoms with Crippen molar-refractivity contribution >= 4 is 0 Å². The molecule has 0 saturated carbocycles. The fourth-order valence-corrected chi connectivity index (χ4v) is 2.29. The van der Waals surface area contributed by atoms with Crippen molar-refractivity contribution in [3.05, 3.63) is 35.9 Å². The predicted octanol–water partition coefficient (Wildman–Crippen LogP) is -1.87. The Bertz CT molecular complexity index is 533. The number of hydrogen-bond donors (Lipinski definition) is 5. The number of ether oxygens (including phenoxy) is 2. The van der Waals surface area contributed by atoms with Crippen LogP contribution in [0.2, 0.25) is 0 Å². The quantitative estimate of drug-likeness (QED) is 0.322. The minimum Gasteiger partial charge on any atom is -0.394 e. The van der Waals surface area contributed by atoms with Gasteiger partial charge in [0, 0.05) is 5.56 Å². The molecule has 1 aromatic rings. The van der Waals surface area contributed by atoms with Crippen molar-refractivity contribution in [3.8, 4) is 6.26 Å². The highest BCUT2D eigenvalue weighted by molar-refractivity contribution is 5.25. The lowest BCUT2D eigenvalue weighted by Gasteiger charge is -2.50. The molecule has 0 bridgehead atoms. The zero-order valence-electron chi connectivity index (χ0n) is 10.8. The summed E-state index contributed by atoms with van der Waals surface area (Å²) in [5.74, 6) is -5.59. The van der Waals surface area contributed by atoms with E-state index in [-0.39, 0.29) is 5.56 Å². The van der Waals surface area contributed by atoms with E-state index in [1.54, 1.807) is 6.07 Å². The average Bonchev–Trinajstić information content (AvgIpc) is 2.50. The zero-order valence-corrected chi connectivity index (χ0v) is 10.8. The van der Waals surface area contributed by atoms with E-state index < -0.39 is 36.5 Å². The Labute approximate surface area is 120 Å². The van der Waals surface area contributed by atoms with Crippen LogP contribution in [-0.4, -0.2) is 56.2 Å². The molecule has 8 nitrogen and oxygen atoms in total. The predicted molar refractivity (Wildman–Crippen MR) is 66.0 cm³/mol. The van der Waals surface area contributed by atoms with Gasteiger partial charge in [-0.25, -0.2) is 0 Å². The van der Waals surface area contributed by atoms with Gasteiger partial charge in [-0.2, -0.15) is 5.26 Å². The van der Waals surface area contributed by atoms with Crippen molar-refractivity contribution in [3.63, 3.8) is 0 Å². The van der Waals surface area contributed by atoms with Gasteiger partial charge in [0.15, 0.2) is 6.10 Å². The molecule has 1 aromatic carbocycles. The molecule has 0 spiro atoms. The molecule has 5 N–H and O–H groups in total. The molecule has 1 aliphatic heterocycles. The summed E-state index contributed by atoms with van der Waals surface area (Å²) in [5.41, 5.74) is -0.0212. The Kier molecular flexibility index (Phi) is 4.15. The molecule has 5 atom stereocenters. The van der Waals surface area contributed by atoms with Crippen LogP contribution in [0.3, 0.4) is 0 Å².